The fourth-order valence-corrected chi connectivity index (χ4v) is 2.84. The van der Waals surface area contributed by atoms with E-state index in [9.17, 15) is 4.79 Å². The molecule has 0 atom stereocenters. The number of aromatic nitrogens is 3. The Morgan fingerprint density at radius 2 is 2.08 bits per heavy atom. The van der Waals surface area contributed by atoms with Crippen molar-refractivity contribution in [3.8, 4) is 0 Å². The maximum absolute atomic E-state index is 10.7. The predicted molar refractivity (Wildman–Crippen MR) is 94.9 cm³/mol. The SMILES string of the molecule is CCOCc1nc2c(N)nc3ccccc3c2n1CCCOC(N)=O. The van der Waals surface area contributed by atoms with Gasteiger partial charge in [0.2, 0.25) is 0 Å². The van der Waals surface area contributed by atoms with Crippen LogP contribution < -0.4 is 11.5 Å². The highest BCUT2D eigenvalue weighted by Gasteiger charge is 2.17. The van der Waals surface area contributed by atoms with Crippen LogP contribution in [0.3, 0.4) is 0 Å². The molecule has 2 aromatic heterocycles. The van der Waals surface area contributed by atoms with Crippen LogP contribution in [0, 0.1) is 0 Å². The van der Waals surface area contributed by atoms with Crippen molar-refractivity contribution in [2.75, 3.05) is 18.9 Å². The molecule has 4 N–H and O–H groups in total. The molecular formula is C17H21N5O3. The number of aryl methyl sites for hydroxylation is 1. The molecule has 8 nitrogen and oxygen atoms in total. The molecule has 0 bridgehead atoms. The number of rotatable bonds is 7. The highest BCUT2D eigenvalue weighted by atomic mass is 16.5. The maximum Gasteiger partial charge on any atom is 0.404 e. The molecule has 0 aliphatic heterocycles. The number of pyridine rings is 1. The van der Waals surface area contributed by atoms with Crippen molar-refractivity contribution in [3.05, 3.63) is 30.1 Å². The summed E-state index contributed by atoms with van der Waals surface area (Å²) in [6, 6.07) is 7.78. The van der Waals surface area contributed by atoms with Crippen molar-refractivity contribution in [1.29, 1.82) is 0 Å². The highest BCUT2D eigenvalue weighted by Crippen LogP contribution is 2.29. The van der Waals surface area contributed by atoms with Gasteiger partial charge in [-0.05, 0) is 19.4 Å². The topological polar surface area (TPSA) is 118 Å². The molecule has 8 heteroatoms. The van der Waals surface area contributed by atoms with E-state index in [0.717, 1.165) is 22.2 Å². The summed E-state index contributed by atoms with van der Waals surface area (Å²) in [4.78, 5) is 19.8. The van der Waals surface area contributed by atoms with Crippen LogP contribution in [0.1, 0.15) is 19.2 Å². The number of fused-ring (bicyclic) bond motifs is 3. The Labute approximate surface area is 144 Å². The zero-order valence-corrected chi connectivity index (χ0v) is 14.1. The average molecular weight is 343 g/mol. The van der Waals surface area contributed by atoms with Crippen LogP contribution >= 0.6 is 0 Å². The lowest BCUT2D eigenvalue weighted by Gasteiger charge is -2.11. The Balaban J connectivity index is 2.07. The normalized spacial score (nSPS) is 11.2. The zero-order chi connectivity index (χ0) is 17.8. The third kappa shape index (κ3) is 3.48. The molecular weight excluding hydrogens is 322 g/mol. The van der Waals surface area contributed by atoms with E-state index in [1.165, 1.54) is 0 Å². The minimum Gasteiger partial charge on any atom is -0.450 e. The molecule has 0 saturated carbocycles. The smallest absolute Gasteiger partial charge is 0.404 e. The van der Waals surface area contributed by atoms with Gasteiger partial charge >= 0.3 is 6.09 Å². The molecule has 2 heterocycles. The van der Waals surface area contributed by atoms with E-state index >= 15 is 0 Å². The molecule has 0 aliphatic rings. The van der Waals surface area contributed by atoms with Gasteiger partial charge in [-0.3, -0.25) is 0 Å². The summed E-state index contributed by atoms with van der Waals surface area (Å²) >= 11 is 0. The van der Waals surface area contributed by atoms with Gasteiger partial charge < -0.3 is 25.5 Å². The molecule has 1 amide bonds. The summed E-state index contributed by atoms with van der Waals surface area (Å²) in [5, 5.41) is 0.970. The van der Waals surface area contributed by atoms with Gasteiger partial charge in [0.1, 0.15) is 17.9 Å². The molecule has 0 unspecified atom stereocenters. The summed E-state index contributed by atoms with van der Waals surface area (Å²) in [6.07, 6.45) is -0.173. The number of primary amides is 1. The first-order valence-corrected chi connectivity index (χ1v) is 8.15. The number of carbonyl (C=O) groups is 1. The van der Waals surface area contributed by atoms with Crippen molar-refractivity contribution in [2.24, 2.45) is 5.73 Å². The number of ether oxygens (including phenoxy) is 2. The van der Waals surface area contributed by atoms with Crippen LogP contribution in [0.4, 0.5) is 10.6 Å². The highest BCUT2D eigenvalue weighted by molar-refractivity contribution is 6.06. The minimum absolute atomic E-state index is 0.238. The van der Waals surface area contributed by atoms with Crippen molar-refractivity contribution in [1.82, 2.24) is 14.5 Å². The van der Waals surface area contributed by atoms with Gasteiger partial charge in [-0.15, -0.1) is 0 Å². The number of anilines is 1. The second kappa shape index (κ2) is 7.35. The van der Waals surface area contributed by atoms with Crippen LogP contribution in [0.15, 0.2) is 24.3 Å². The van der Waals surface area contributed by atoms with Gasteiger partial charge in [-0.25, -0.2) is 14.8 Å². The van der Waals surface area contributed by atoms with E-state index < -0.39 is 6.09 Å². The summed E-state index contributed by atoms with van der Waals surface area (Å²) in [6.45, 7) is 3.72. The maximum atomic E-state index is 10.7. The number of para-hydroxylation sites is 1. The number of imidazole rings is 1. The van der Waals surface area contributed by atoms with E-state index in [-0.39, 0.29) is 6.61 Å². The van der Waals surface area contributed by atoms with E-state index in [1.807, 2.05) is 31.2 Å². The second-order valence-electron chi connectivity index (χ2n) is 5.55. The van der Waals surface area contributed by atoms with E-state index in [0.29, 0.717) is 37.5 Å². The van der Waals surface area contributed by atoms with Gasteiger partial charge in [0.15, 0.2) is 5.82 Å². The molecule has 1 aromatic carbocycles. The number of carbonyl (C=O) groups excluding carboxylic acids is 1. The Morgan fingerprint density at radius 3 is 2.84 bits per heavy atom. The Hall–Kier alpha value is -2.87. The lowest BCUT2D eigenvalue weighted by atomic mass is 10.2. The van der Waals surface area contributed by atoms with E-state index in [1.54, 1.807) is 0 Å². The summed E-state index contributed by atoms with van der Waals surface area (Å²) in [7, 11) is 0. The minimum atomic E-state index is -0.774. The van der Waals surface area contributed by atoms with Gasteiger partial charge in [0.05, 0.1) is 17.6 Å². The predicted octanol–water partition coefficient (Wildman–Crippen LogP) is 2.19. The number of hydrogen-bond donors (Lipinski definition) is 2. The number of nitrogens with zero attached hydrogens (tertiary/aromatic N) is 3. The average Bonchev–Trinajstić information content (AvgIpc) is 2.96. The van der Waals surface area contributed by atoms with Crippen molar-refractivity contribution < 1.29 is 14.3 Å². The molecule has 132 valence electrons. The lowest BCUT2D eigenvalue weighted by molar-refractivity contribution is 0.125. The van der Waals surface area contributed by atoms with E-state index in [2.05, 4.69) is 14.5 Å². The van der Waals surface area contributed by atoms with Crippen LogP contribution in [0.25, 0.3) is 21.9 Å². The Morgan fingerprint density at radius 1 is 1.28 bits per heavy atom. The zero-order valence-electron chi connectivity index (χ0n) is 14.1. The molecule has 3 rings (SSSR count). The summed E-state index contributed by atoms with van der Waals surface area (Å²) < 4.78 is 12.4. The third-order valence-corrected chi connectivity index (χ3v) is 3.90. The largest absolute Gasteiger partial charge is 0.450 e. The number of hydrogen-bond acceptors (Lipinski definition) is 6. The molecule has 3 aromatic rings. The van der Waals surface area contributed by atoms with Gasteiger partial charge in [0, 0.05) is 18.5 Å². The quantitative estimate of drug-likeness (QED) is 0.635. The van der Waals surface area contributed by atoms with Crippen molar-refractivity contribution in [2.45, 2.75) is 26.5 Å². The van der Waals surface area contributed by atoms with Crippen LogP contribution in [0.5, 0.6) is 0 Å². The molecule has 0 radical (unpaired) electrons. The lowest BCUT2D eigenvalue weighted by Crippen LogP contribution is -2.15. The Kier molecular flexibility index (Phi) is 4.99. The summed E-state index contributed by atoms with van der Waals surface area (Å²) in [5.74, 6) is 1.15. The van der Waals surface area contributed by atoms with Gasteiger partial charge in [0.25, 0.3) is 0 Å². The van der Waals surface area contributed by atoms with Crippen LogP contribution in [0.2, 0.25) is 0 Å². The van der Waals surface area contributed by atoms with E-state index in [4.69, 9.17) is 20.9 Å². The molecule has 0 fully saturated rings. The number of nitrogen functional groups attached to an aromatic ring is 1. The van der Waals surface area contributed by atoms with Crippen molar-refractivity contribution >= 4 is 33.8 Å². The Bertz CT molecular complexity index is 906. The first-order chi connectivity index (χ1) is 12.1. The van der Waals surface area contributed by atoms with Gasteiger partial charge in [-0.1, -0.05) is 18.2 Å². The third-order valence-electron chi connectivity index (χ3n) is 3.90. The number of benzene rings is 1. The van der Waals surface area contributed by atoms with Crippen LogP contribution in [-0.2, 0) is 22.6 Å². The number of nitrogens with two attached hydrogens (primary N) is 2. The molecule has 0 saturated heterocycles. The summed E-state index contributed by atoms with van der Waals surface area (Å²) in [5.41, 5.74) is 13.5. The molecule has 0 aliphatic carbocycles. The second-order valence-corrected chi connectivity index (χ2v) is 5.55. The van der Waals surface area contributed by atoms with Gasteiger partial charge in [-0.2, -0.15) is 0 Å². The standard InChI is InChI=1S/C17H21N5O3/c1-2-24-10-13-21-14-15(22(13)8-5-9-25-17(19)23)11-6-3-4-7-12(11)20-16(14)18/h3-4,6-7H,2,5,8-10H2,1H3,(H2,18,20)(H2,19,23). The first-order valence-electron chi connectivity index (χ1n) is 8.15. The molecule has 25 heavy (non-hydrogen) atoms. The fourth-order valence-electron chi connectivity index (χ4n) is 2.84. The van der Waals surface area contributed by atoms with Crippen molar-refractivity contribution in [3.63, 3.8) is 0 Å². The fraction of sp³-hybridized carbons (Fsp3) is 0.353. The molecule has 0 spiro atoms. The number of amides is 1. The monoisotopic (exact) mass is 343 g/mol. The first kappa shape index (κ1) is 17.0. The van der Waals surface area contributed by atoms with Crippen LogP contribution in [-0.4, -0.2) is 33.8 Å².